The van der Waals surface area contributed by atoms with Gasteiger partial charge in [0.1, 0.15) is 0 Å². The maximum Gasteiger partial charge on any atom is 0.227 e. The van der Waals surface area contributed by atoms with E-state index in [0.29, 0.717) is 19.1 Å². The van der Waals surface area contributed by atoms with Crippen LogP contribution in [-0.2, 0) is 14.8 Å². The van der Waals surface area contributed by atoms with Gasteiger partial charge in [0.05, 0.1) is 12.2 Å². The molecule has 0 aliphatic carbocycles. The second-order valence-electron chi connectivity index (χ2n) is 7.08. The van der Waals surface area contributed by atoms with Crippen LogP contribution >= 0.6 is 0 Å². The minimum Gasteiger partial charge on any atom is -0.348 e. The molecule has 2 fully saturated rings. The van der Waals surface area contributed by atoms with Crippen LogP contribution in [0, 0.1) is 5.92 Å². The van der Waals surface area contributed by atoms with Gasteiger partial charge in [-0.25, -0.2) is 12.7 Å². The lowest BCUT2D eigenvalue weighted by Crippen LogP contribution is -2.49. The summed E-state index contributed by atoms with van der Waals surface area (Å²) < 4.78 is 24.8. The summed E-state index contributed by atoms with van der Waals surface area (Å²) in [6, 6.07) is 0.372. The van der Waals surface area contributed by atoms with E-state index in [-0.39, 0.29) is 11.8 Å². The monoisotopic (exact) mass is 346 g/mol. The van der Waals surface area contributed by atoms with Crippen molar-refractivity contribution in [1.29, 1.82) is 0 Å². The standard InChI is InChI=1S/C15H30N4O3S/c1-16(2)15(20)13-11-17(3)9-10-18(12-13)14-5-7-19(8-6-14)23(4,21)22/h13-14H,5-12H2,1-4H3/t13-/m1/s1. The molecule has 0 spiro atoms. The molecule has 0 aromatic rings. The van der Waals surface area contributed by atoms with Gasteiger partial charge in [-0.15, -0.1) is 0 Å². The summed E-state index contributed by atoms with van der Waals surface area (Å²) in [6.07, 6.45) is 2.97. The van der Waals surface area contributed by atoms with Crippen molar-refractivity contribution in [3.63, 3.8) is 0 Å². The van der Waals surface area contributed by atoms with E-state index in [9.17, 15) is 13.2 Å². The number of piperidine rings is 1. The van der Waals surface area contributed by atoms with Crippen LogP contribution in [0.15, 0.2) is 0 Å². The smallest absolute Gasteiger partial charge is 0.227 e. The van der Waals surface area contributed by atoms with Crippen molar-refractivity contribution >= 4 is 15.9 Å². The van der Waals surface area contributed by atoms with E-state index < -0.39 is 10.0 Å². The summed E-state index contributed by atoms with van der Waals surface area (Å²) in [4.78, 5) is 18.7. The number of likely N-dealkylation sites (N-methyl/N-ethyl adjacent to an activating group) is 1. The number of hydrogen-bond acceptors (Lipinski definition) is 5. The van der Waals surface area contributed by atoms with E-state index >= 15 is 0 Å². The first-order valence-corrected chi connectivity index (χ1v) is 10.1. The molecule has 23 heavy (non-hydrogen) atoms. The summed E-state index contributed by atoms with van der Waals surface area (Å²) in [5, 5.41) is 0. The number of nitrogens with zero attached hydrogens (tertiary/aromatic N) is 4. The molecule has 0 bridgehead atoms. The van der Waals surface area contributed by atoms with E-state index in [2.05, 4.69) is 16.8 Å². The number of rotatable bonds is 3. The third kappa shape index (κ3) is 4.89. The molecule has 7 nitrogen and oxygen atoms in total. The molecule has 0 unspecified atom stereocenters. The molecule has 2 aliphatic rings. The van der Waals surface area contributed by atoms with Gasteiger partial charge < -0.3 is 9.80 Å². The van der Waals surface area contributed by atoms with E-state index in [1.54, 1.807) is 9.21 Å². The van der Waals surface area contributed by atoms with Crippen molar-refractivity contribution in [3.8, 4) is 0 Å². The Hall–Kier alpha value is -0.700. The fourth-order valence-electron chi connectivity index (χ4n) is 3.59. The lowest BCUT2D eigenvalue weighted by molar-refractivity contribution is -0.133. The zero-order valence-electron chi connectivity index (χ0n) is 14.7. The first kappa shape index (κ1) is 18.6. The van der Waals surface area contributed by atoms with E-state index in [1.807, 2.05) is 14.1 Å². The molecule has 2 heterocycles. The summed E-state index contributed by atoms with van der Waals surface area (Å²) >= 11 is 0. The average molecular weight is 346 g/mol. The highest BCUT2D eigenvalue weighted by atomic mass is 32.2. The minimum atomic E-state index is -3.09. The number of carbonyl (C=O) groups excluding carboxylic acids is 1. The Bertz CT molecular complexity index is 515. The number of hydrogen-bond donors (Lipinski definition) is 0. The molecule has 1 amide bonds. The van der Waals surface area contributed by atoms with Crippen molar-refractivity contribution in [2.24, 2.45) is 5.92 Å². The van der Waals surface area contributed by atoms with Crippen LogP contribution in [-0.4, -0.2) is 106 Å². The molecule has 2 saturated heterocycles. The molecule has 1 atom stereocenters. The van der Waals surface area contributed by atoms with Crippen LogP contribution in [0.4, 0.5) is 0 Å². The number of sulfonamides is 1. The Morgan fingerprint density at radius 2 is 1.65 bits per heavy atom. The predicted molar refractivity (Wildman–Crippen MR) is 90.7 cm³/mol. The fraction of sp³-hybridized carbons (Fsp3) is 0.933. The molecular formula is C15H30N4O3S. The summed E-state index contributed by atoms with van der Waals surface area (Å²) in [5.74, 6) is 0.169. The topological polar surface area (TPSA) is 64.2 Å². The molecular weight excluding hydrogens is 316 g/mol. The zero-order chi connectivity index (χ0) is 17.2. The second-order valence-corrected chi connectivity index (χ2v) is 9.06. The lowest BCUT2D eigenvalue weighted by atomic mass is 10.0. The quantitative estimate of drug-likeness (QED) is 0.680. The maximum atomic E-state index is 12.4. The predicted octanol–water partition coefficient (Wildman–Crippen LogP) is -0.638. The normalized spacial score (nSPS) is 26.9. The van der Waals surface area contributed by atoms with Gasteiger partial charge in [0.15, 0.2) is 0 Å². The van der Waals surface area contributed by atoms with E-state index in [4.69, 9.17) is 0 Å². The molecule has 0 radical (unpaired) electrons. The largest absolute Gasteiger partial charge is 0.348 e. The van der Waals surface area contributed by atoms with Gasteiger partial charge >= 0.3 is 0 Å². The van der Waals surface area contributed by atoms with Crippen LogP contribution in [0.1, 0.15) is 12.8 Å². The average Bonchev–Trinajstić information content (AvgIpc) is 2.67. The van der Waals surface area contributed by atoms with Crippen LogP contribution in [0.25, 0.3) is 0 Å². The lowest BCUT2D eigenvalue weighted by Gasteiger charge is -2.38. The highest BCUT2D eigenvalue weighted by molar-refractivity contribution is 7.88. The Kier molecular flexibility index (Phi) is 6.05. The molecule has 2 rings (SSSR count). The van der Waals surface area contributed by atoms with Gasteiger partial charge in [-0.3, -0.25) is 9.69 Å². The third-order valence-electron chi connectivity index (χ3n) is 4.95. The van der Waals surface area contributed by atoms with E-state index in [1.165, 1.54) is 6.26 Å². The molecule has 8 heteroatoms. The Morgan fingerprint density at radius 1 is 1.04 bits per heavy atom. The summed E-state index contributed by atoms with van der Waals surface area (Å²) in [7, 11) is 2.59. The highest BCUT2D eigenvalue weighted by Gasteiger charge is 2.33. The van der Waals surface area contributed by atoms with Crippen molar-refractivity contribution in [1.82, 2.24) is 19.0 Å². The first-order valence-electron chi connectivity index (χ1n) is 8.27. The van der Waals surface area contributed by atoms with Crippen molar-refractivity contribution in [3.05, 3.63) is 0 Å². The van der Waals surface area contributed by atoms with Gasteiger partial charge in [-0.05, 0) is 19.9 Å². The zero-order valence-corrected chi connectivity index (χ0v) is 15.5. The number of carbonyl (C=O) groups is 1. The van der Waals surface area contributed by atoms with Crippen LogP contribution in [0.3, 0.4) is 0 Å². The fourth-order valence-corrected chi connectivity index (χ4v) is 4.46. The van der Waals surface area contributed by atoms with Crippen molar-refractivity contribution in [2.45, 2.75) is 18.9 Å². The third-order valence-corrected chi connectivity index (χ3v) is 6.26. The maximum absolute atomic E-state index is 12.4. The van der Waals surface area contributed by atoms with Gasteiger partial charge in [-0.2, -0.15) is 0 Å². The van der Waals surface area contributed by atoms with E-state index in [0.717, 1.165) is 39.0 Å². The molecule has 2 aliphatic heterocycles. The summed E-state index contributed by atoms with van der Waals surface area (Å²) in [5.41, 5.74) is 0. The molecule has 0 aromatic heterocycles. The van der Waals surface area contributed by atoms with Gasteiger partial charge in [0, 0.05) is 59.4 Å². The van der Waals surface area contributed by atoms with Crippen molar-refractivity contribution in [2.75, 3.05) is 66.7 Å². The highest BCUT2D eigenvalue weighted by Crippen LogP contribution is 2.21. The van der Waals surface area contributed by atoms with Gasteiger partial charge in [0.25, 0.3) is 0 Å². The Balaban J connectivity index is 2.00. The van der Waals surface area contributed by atoms with Crippen LogP contribution in [0.5, 0.6) is 0 Å². The molecule has 134 valence electrons. The summed E-state index contributed by atoms with van der Waals surface area (Å²) in [6.45, 7) is 4.62. The Morgan fingerprint density at radius 3 is 2.17 bits per heavy atom. The molecule has 0 aromatic carbocycles. The molecule has 0 N–H and O–H groups in total. The van der Waals surface area contributed by atoms with Crippen molar-refractivity contribution < 1.29 is 13.2 Å². The number of amides is 1. The van der Waals surface area contributed by atoms with Crippen LogP contribution in [0.2, 0.25) is 0 Å². The van der Waals surface area contributed by atoms with Gasteiger partial charge in [0.2, 0.25) is 15.9 Å². The first-order chi connectivity index (χ1) is 10.7. The van der Waals surface area contributed by atoms with Crippen LogP contribution < -0.4 is 0 Å². The minimum absolute atomic E-state index is 0.00885. The second kappa shape index (κ2) is 7.46. The van der Waals surface area contributed by atoms with Gasteiger partial charge in [-0.1, -0.05) is 0 Å². The SMILES string of the molecule is CN1CCN(C2CCN(S(C)(=O)=O)CC2)C[C@H](C(=O)N(C)C)C1. The Labute approximate surface area is 140 Å². The molecule has 0 saturated carbocycles.